The molecule has 2 saturated carbocycles. The zero-order chi connectivity index (χ0) is 35.3. The number of alkyl halides is 9. The highest BCUT2D eigenvalue weighted by Crippen LogP contribution is 2.40. The van der Waals surface area contributed by atoms with E-state index in [2.05, 4.69) is 13.7 Å². The predicted molar refractivity (Wildman–Crippen MR) is 114 cm³/mol. The summed E-state index contributed by atoms with van der Waals surface area (Å²) >= 11 is 0. The number of carboxylic acids is 2. The van der Waals surface area contributed by atoms with E-state index >= 15 is 0 Å². The molecule has 0 saturated heterocycles. The highest BCUT2D eigenvalue weighted by atomic mass is 32.3. The van der Waals surface area contributed by atoms with E-state index in [0.717, 1.165) is 0 Å². The van der Waals surface area contributed by atoms with Gasteiger partial charge in [-0.05, 0) is 31.2 Å². The number of carboxylic acid groups (broad SMARTS) is 2. The molecule has 2 aliphatic rings. The van der Waals surface area contributed by atoms with Crippen LogP contribution >= 0.6 is 0 Å². The fraction of sp³-hybridized carbons (Fsp3) is 0.833. The normalized spacial score (nSPS) is 17.6. The number of hydrogen-bond donors (Lipinski definition) is 3. The Labute approximate surface area is 233 Å². The van der Waals surface area contributed by atoms with Crippen molar-refractivity contribution in [2.45, 2.75) is 53.3 Å². The van der Waals surface area contributed by atoms with Crippen molar-refractivity contribution in [1.29, 1.82) is 0 Å². The van der Waals surface area contributed by atoms with Gasteiger partial charge in [-0.1, -0.05) is 5.11 Å². The summed E-state index contributed by atoms with van der Waals surface area (Å²) in [6, 6.07) is 0. The van der Waals surface area contributed by atoms with E-state index in [-0.39, 0.29) is 6.26 Å². The SMILES string of the molecule is CS(=O)(=O)OS(=O)(=O)C(F)(F)F.NC1(C(=O)O)CC1.O=S(=O)(OS(=O)(=O)C(F)(F)F)C(F)(F)F.[N-]=[N+]=NC1(C(=O)O)CC1. The summed E-state index contributed by atoms with van der Waals surface area (Å²) in [5.41, 5.74) is -7.08. The molecule has 0 atom stereocenters. The minimum atomic E-state index is -6.85. The first-order valence-corrected chi connectivity index (χ1v) is 15.4. The van der Waals surface area contributed by atoms with Crippen molar-refractivity contribution in [3.8, 4) is 0 Å². The molecule has 0 heterocycles. The maximum absolute atomic E-state index is 11.4. The number of hydrogen-bond acceptors (Lipinski definition) is 14. The third-order valence-electron chi connectivity index (χ3n) is 3.82. The first-order chi connectivity index (χ1) is 18.5. The first kappa shape index (κ1) is 42.4. The Morgan fingerprint density at radius 3 is 1.12 bits per heavy atom. The zero-order valence-electron chi connectivity index (χ0n) is 20.1. The molecule has 43 heavy (non-hydrogen) atoms. The van der Waals surface area contributed by atoms with Gasteiger partial charge in [0.1, 0.15) is 11.1 Å². The van der Waals surface area contributed by atoms with Gasteiger partial charge in [-0.2, -0.15) is 73.2 Å². The van der Waals surface area contributed by atoms with Crippen LogP contribution in [0.4, 0.5) is 39.5 Å². The Balaban J connectivity index is 0. The van der Waals surface area contributed by atoms with E-state index in [4.69, 9.17) is 21.5 Å². The molecule has 0 spiro atoms. The van der Waals surface area contributed by atoms with Crippen LogP contribution in [0.15, 0.2) is 5.11 Å². The Hall–Kier alpha value is -2.70. The van der Waals surface area contributed by atoms with Gasteiger partial charge >= 0.3 is 58.8 Å². The van der Waals surface area contributed by atoms with Crippen LogP contribution in [0, 0.1) is 0 Å². The number of nitrogens with two attached hydrogens (primary N) is 1. The lowest BCUT2D eigenvalue weighted by Gasteiger charge is -2.09. The van der Waals surface area contributed by atoms with Crippen molar-refractivity contribution in [3.05, 3.63) is 10.4 Å². The highest BCUT2D eigenvalue weighted by molar-refractivity contribution is 8.00. The van der Waals surface area contributed by atoms with E-state index in [1.54, 1.807) is 0 Å². The van der Waals surface area contributed by atoms with Crippen LogP contribution in [0.25, 0.3) is 10.4 Å². The fourth-order valence-electron chi connectivity index (χ4n) is 1.31. The molecule has 2 rings (SSSR count). The summed E-state index contributed by atoms with van der Waals surface area (Å²) < 4.78 is 187. The topological polar surface area (TPSA) is 304 Å². The van der Waals surface area contributed by atoms with Crippen molar-refractivity contribution in [2.75, 3.05) is 6.26 Å². The first-order valence-electron chi connectivity index (χ1n) is 9.40. The molecule has 254 valence electrons. The highest BCUT2D eigenvalue weighted by Gasteiger charge is 2.57. The molecule has 31 heteroatoms. The summed E-state index contributed by atoms with van der Waals surface area (Å²) in [6.07, 6.45) is 2.43. The van der Waals surface area contributed by atoms with Gasteiger partial charge in [0.15, 0.2) is 0 Å². The lowest BCUT2D eigenvalue weighted by atomic mass is 10.3. The van der Waals surface area contributed by atoms with Gasteiger partial charge in [-0.15, -0.1) is 7.26 Å². The van der Waals surface area contributed by atoms with E-state index in [9.17, 15) is 82.8 Å². The van der Waals surface area contributed by atoms with Crippen molar-refractivity contribution in [1.82, 2.24) is 0 Å². The average molecular weight is 739 g/mol. The molecule has 0 aliphatic heterocycles. The largest absolute Gasteiger partial charge is 0.524 e. The van der Waals surface area contributed by atoms with Crippen LogP contribution in [0.2, 0.25) is 0 Å². The molecule has 2 fully saturated rings. The summed E-state index contributed by atoms with van der Waals surface area (Å²) in [5.74, 6) is -1.88. The lowest BCUT2D eigenvalue weighted by molar-refractivity contribution is -0.140. The van der Waals surface area contributed by atoms with Gasteiger partial charge in [0.2, 0.25) is 0 Å². The van der Waals surface area contributed by atoms with E-state index in [1.165, 1.54) is 0 Å². The van der Waals surface area contributed by atoms with Crippen LogP contribution < -0.4 is 5.73 Å². The van der Waals surface area contributed by atoms with Crippen LogP contribution in [0.1, 0.15) is 25.7 Å². The Morgan fingerprint density at radius 2 is 1.02 bits per heavy atom. The zero-order valence-corrected chi connectivity index (χ0v) is 23.3. The fourth-order valence-corrected chi connectivity index (χ4v) is 4.48. The van der Waals surface area contributed by atoms with Crippen LogP contribution in [0.3, 0.4) is 0 Å². The lowest BCUT2D eigenvalue weighted by Crippen LogP contribution is -2.34. The van der Waals surface area contributed by atoms with Crippen LogP contribution in [-0.2, 0) is 57.3 Å². The smallest absolute Gasteiger partial charge is 0.481 e. The number of carbonyl (C=O) groups is 2. The van der Waals surface area contributed by atoms with Crippen molar-refractivity contribution >= 4 is 52.4 Å². The second kappa shape index (κ2) is 13.5. The summed E-state index contributed by atoms with van der Waals surface area (Å²) in [7, 11) is -24.4. The summed E-state index contributed by atoms with van der Waals surface area (Å²) in [4.78, 5) is 22.6. The quantitative estimate of drug-likeness (QED) is 0.108. The maximum atomic E-state index is 11.4. The second-order valence-corrected chi connectivity index (χ2v) is 14.1. The predicted octanol–water partition coefficient (Wildman–Crippen LogP) is 0.991. The molecule has 0 bridgehead atoms. The van der Waals surface area contributed by atoms with Gasteiger partial charge in [0.05, 0.1) is 6.26 Å². The standard InChI is InChI=1S/C4H5N3O2.C4H7NO2.C2F6O5S2.C2H3F3O5S2/c5-7-6-4(1-2-4)3(8)9;5-4(1-2-4)3(6)7;3-1(4,5)14(9,10)13-15(11,12)2(6,7)8;1-11(6,7)10-12(8,9)2(3,4)5/h1-2H2,(H,8,9);1-2,5H2,(H,6,7);;1H3. The van der Waals surface area contributed by atoms with Gasteiger partial charge in [0.25, 0.3) is 10.1 Å². The third-order valence-corrected chi connectivity index (χ3v) is 8.65. The molecule has 0 aromatic heterocycles. The van der Waals surface area contributed by atoms with E-state index in [0.29, 0.717) is 25.7 Å². The third kappa shape index (κ3) is 14.1. The molecule has 0 amide bonds. The Morgan fingerprint density at radius 1 is 0.721 bits per heavy atom. The molecule has 2 aliphatic carbocycles. The van der Waals surface area contributed by atoms with E-state index < -0.39 is 80.0 Å². The number of halogens is 9. The minimum absolute atomic E-state index is 0.191. The average Bonchev–Trinajstić information content (AvgIpc) is 3.62. The van der Waals surface area contributed by atoms with Gasteiger partial charge < -0.3 is 15.9 Å². The number of azide groups is 1. The Kier molecular flexibility index (Phi) is 13.3. The molecule has 0 unspecified atom stereocenters. The Bertz CT molecular complexity index is 1470. The second-order valence-electron chi connectivity index (χ2n) is 7.53. The molecular formula is C12H15F9N4O14S4. The molecule has 0 aromatic rings. The van der Waals surface area contributed by atoms with Gasteiger partial charge in [0, 0.05) is 4.91 Å². The minimum Gasteiger partial charge on any atom is -0.481 e. The summed E-state index contributed by atoms with van der Waals surface area (Å²) in [5, 5.41) is 19.7. The number of aliphatic carboxylic acids is 2. The van der Waals surface area contributed by atoms with E-state index in [1.807, 2.05) is 3.63 Å². The van der Waals surface area contributed by atoms with Crippen LogP contribution in [0.5, 0.6) is 0 Å². The monoisotopic (exact) mass is 738 g/mol. The van der Waals surface area contributed by atoms with Gasteiger partial charge in [-0.3, -0.25) is 9.59 Å². The number of rotatable bonds is 7. The maximum Gasteiger partial charge on any atom is 0.524 e. The molecule has 0 aromatic carbocycles. The van der Waals surface area contributed by atoms with Gasteiger partial charge in [-0.25, -0.2) is 0 Å². The number of nitrogens with zero attached hydrogens (tertiary/aromatic N) is 3. The molecular weight excluding hydrogens is 723 g/mol. The van der Waals surface area contributed by atoms with Crippen molar-refractivity contribution in [3.63, 3.8) is 0 Å². The summed E-state index contributed by atoms with van der Waals surface area (Å²) in [6.45, 7) is 0. The molecule has 0 radical (unpaired) electrons. The van der Waals surface area contributed by atoms with Crippen molar-refractivity contribution in [2.24, 2.45) is 10.8 Å². The molecule has 18 nitrogen and oxygen atoms in total. The van der Waals surface area contributed by atoms with Crippen LogP contribution in [-0.4, -0.2) is 89.7 Å². The molecule has 4 N–H and O–H groups in total. The van der Waals surface area contributed by atoms with Crippen molar-refractivity contribution < 1.29 is 100 Å².